The molecule has 3 aromatic carbocycles. The van der Waals surface area contributed by atoms with E-state index < -0.39 is 35.1 Å². The summed E-state index contributed by atoms with van der Waals surface area (Å²) in [4.78, 5) is 0. The Hall–Kier alpha value is -2.68. The van der Waals surface area contributed by atoms with Gasteiger partial charge in [0.25, 0.3) is 11.3 Å². The molecule has 0 aromatic heterocycles. The van der Waals surface area contributed by atoms with Crippen molar-refractivity contribution in [3.63, 3.8) is 0 Å². The van der Waals surface area contributed by atoms with Gasteiger partial charge in [-0.15, -0.1) is 0 Å². The fraction of sp³-hybridized carbons (Fsp3) is 0.143. The van der Waals surface area contributed by atoms with Gasteiger partial charge >= 0.3 is 6.18 Å². The Balaban J connectivity index is 2.09. The van der Waals surface area contributed by atoms with Crippen molar-refractivity contribution in [1.29, 1.82) is 0 Å². The Morgan fingerprint density at radius 3 is 1.76 bits per heavy atom. The molecule has 29 heavy (non-hydrogen) atoms. The normalized spacial score (nSPS) is 14.8. The zero-order chi connectivity index (χ0) is 21.0. The van der Waals surface area contributed by atoms with Crippen LogP contribution >= 0.6 is 0 Å². The Morgan fingerprint density at radius 1 is 0.828 bits per heavy atom. The predicted molar refractivity (Wildman–Crippen MR) is 107 cm³/mol. The van der Waals surface area contributed by atoms with Crippen LogP contribution in [-0.2, 0) is 17.4 Å². The zero-order valence-electron chi connectivity index (χ0n) is 15.2. The van der Waals surface area contributed by atoms with E-state index in [-0.39, 0.29) is 5.69 Å². The number of halogens is 3. The monoisotopic (exact) mass is 420 g/mol. The number of rotatable bonds is 6. The van der Waals surface area contributed by atoms with E-state index in [2.05, 4.69) is 0 Å². The van der Waals surface area contributed by atoms with Crippen LogP contribution in [0, 0.1) is 0 Å². The molecule has 0 aliphatic rings. The number of nitrogens with two attached hydrogens (primary N) is 1. The molecule has 4 nitrogen and oxygen atoms in total. The Labute approximate surface area is 169 Å². The first-order chi connectivity index (χ1) is 13.8. The molecular weight excluding hydrogens is 401 g/mol. The van der Waals surface area contributed by atoms with Crippen LogP contribution < -0.4 is 10.0 Å². The van der Waals surface area contributed by atoms with Crippen molar-refractivity contribution in [2.24, 2.45) is 5.73 Å². The summed E-state index contributed by atoms with van der Waals surface area (Å²) in [5.74, 6) is 0. The van der Waals surface area contributed by atoms with Gasteiger partial charge in [0.05, 0.1) is 23.3 Å². The highest BCUT2D eigenvalue weighted by atomic mass is 32.2. The third-order valence-corrected chi connectivity index (χ3v) is 5.31. The topological polar surface area (TPSA) is 66.6 Å². The number of nitrogens with zero attached hydrogens (tertiary/aromatic N) is 1. The van der Waals surface area contributed by atoms with E-state index in [0.29, 0.717) is 5.56 Å². The lowest BCUT2D eigenvalue weighted by Gasteiger charge is -2.34. The molecule has 2 unspecified atom stereocenters. The van der Waals surface area contributed by atoms with Crippen LogP contribution in [0.5, 0.6) is 0 Å². The van der Waals surface area contributed by atoms with Crippen LogP contribution in [-0.4, -0.2) is 8.76 Å². The average molecular weight is 420 g/mol. The summed E-state index contributed by atoms with van der Waals surface area (Å²) >= 11 is -2.53. The van der Waals surface area contributed by atoms with E-state index in [1.54, 1.807) is 54.6 Å². The third-order valence-electron chi connectivity index (χ3n) is 4.54. The Bertz CT molecular complexity index is 951. The summed E-state index contributed by atoms with van der Waals surface area (Å²) in [5, 5.41) is 0. The number of alkyl halides is 3. The van der Waals surface area contributed by atoms with E-state index in [1.165, 1.54) is 12.1 Å². The number of anilines is 1. The molecule has 3 atom stereocenters. The lowest BCUT2D eigenvalue weighted by molar-refractivity contribution is -0.137. The van der Waals surface area contributed by atoms with Gasteiger partial charge in [-0.1, -0.05) is 60.7 Å². The van der Waals surface area contributed by atoms with Crippen LogP contribution in [0.1, 0.15) is 28.8 Å². The second kappa shape index (κ2) is 8.77. The van der Waals surface area contributed by atoms with Crippen LogP contribution in [0.25, 0.3) is 0 Å². The van der Waals surface area contributed by atoms with Crippen molar-refractivity contribution in [2.45, 2.75) is 18.3 Å². The van der Waals surface area contributed by atoms with Gasteiger partial charge in [0.1, 0.15) is 0 Å². The smallest absolute Gasteiger partial charge is 0.322 e. The molecule has 0 spiro atoms. The Kier molecular flexibility index (Phi) is 6.36. The van der Waals surface area contributed by atoms with Crippen molar-refractivity contribution < 1.29 is 21.9 Å². The summed E-state index contributed by atoms with van der Waals surface area (Å²) in [5.41, 5.74) is 7.18. The van der Waals surface area contributed by atoms with Gasteiger partial charge in [0.15, 0.2) is 0 Å². The standard InChI is InChI=1S/C21H19F3N2O2S/c22-21(23,24)17-11-13-18(14-12-17)26(29(27)28)20(16-9-5-2-6-10-16)19(25)15-7-3-1-4-8-15/h1-14,19-20H,25H2,(H,27,28)/t19?,20-/m1/s1. The third kappa shape index (κ3) is 4.84. The van der Waals surface area contributed by atoms with Crippen LogP contribution in [0.3, 0.4) is 0 Å². The molecule has 0 bridgehead atoms. The lowest BCUT2D eigenvalue weighted by atomic mass is 9.93. The molecule has 0 fully saturated rings. The summed E-state index contributed by atoms with van der Waals surface area (Å²) in [6.07, 6.45) is -4.50. The first kappa shape index (κ1) is 21.0. The van der Waals surface area contributed by atoms with Crippen LogP contribution in [0.15, 0.2) is 84.9 Å². The van der Waals surface area contributed by atoms with Gasteiger partial charge in [0, 0.05) is 0 Å². The van der Waals surface area contributed by atoms with Gasteiger partial charge in [0.2, 0.25) is 0 Å². The first-order valence-electron chi connectivity index (χ1n) is 8.72. The highest BCUT2D eigenvalue weighted by molar-refractivity contribution is 7.80. The molecule has 0 heterocycles. The lowest BCUT2D eigenvalue weighted by Crippen LogP contribution is -2.37. The molecule has 0 aliphatic carbocycles. The van der Waals surface area contributed by atoms with Crippen molar-refractivity contribution >= 4 is 17.0 Å². The molecule has 0 saturated heterocycles. The highest BCUT2D eigenvalue weighted by Gasteiger charge is 2.34. The molecule has 152 valence electrons. The number of hydrogen-bond donors (Lipinski definition) is 2. The van der Waals surface area contributed by atoms with Crippen molar-refractivity contribution in [2.75, 3.05) is 4.31 Å². The average Bonchev–Trinajstić information content (AvgIpc) is 2.72. The highest BCUT2D eigenvalue weighted by Crippen LogP contribution is 2.38. The molecule has 0 saturated carbocycles. The molecule has 3 rings (SSSR count). The maximum atomic E-state index is 12.9. The minimum absolute atomic E-state index is 0.152. The van der Waals surface area contributed by atoms with Gasteiger partial charge in [-0.3, -0.25) is 8.86 Å². The van der Waals surface area contributed by atoms with E-state index in [1.807, 2.05) is 6.07 Å². The summed E-state index contributed by atoms with van der Waals surface area (Å²) < 4.78 is 62.2. The van der Waals surface area contributed by atoms with Gasteiger partial charge in [-0.25, -0.2) is 4.21 Å². The van der Waals surface area contributed by atoms with Crippen LogP contribution in [0.2, 0.25) is 0 Å². The molecule has 8 heteroatoms. The Morgan fingerprint density at radius 2 is 1.31 bits per heavy atom. The largest absolute Gasteiger partial charge is 0.416 e. The van der Waals surface area contributed by atoms with Gasteiger partial charge in [-0.05, 0) is 35.4 Å². The number of hydrogen-bond acceptors (Lipinski definition) is 2. The quantitative estimate of drug-likeness (QED) is 0.546. The second-order valence-corrected chi connectivity index (χ2v) is 7.25. The van der Waals surface area contributed by atoms with Crippen molar-refractivity contribution in [1.82, 2.24) is 0 Å². The summed E-state index contributed by atoms with van der Waals surface area (Å²) in [6, 6.07) is 20.5. The number of benzene rings is 3. The van der Waals surface area contributed by atoms with Crippen molar-refractivity contribution in [3.8, 4) is 0 Å². The maximum Gasteiger partial charge on any atom is 0.416 e. The fourth-order valence-corrected chi connectivity index (χ4v) is 3.89. The van der Waals surface area contributed by atoms with Crippen molar-refractivity contribution in [3.05, 3.63) is 102 Å². The summed E-state index contributed by atoms with van der Waals surface area (Å²) in [6.45, 7) is 0. The SMILES string of the molecule is NC(c1ccccc1)[C@@H](c1ccccc1)N(c1ccc(C(F)(F)F)cc1)S(=O)O. The fourth-order valence-electron chi connectivity index (χ4n) is 3.14. The minimum atomic E-state index is -4.50. The van der Waals surface area contributed by atoms with E-state index in [0.717, 1.165) is 22.0 Å². The predicted octanol–water partition coefficient (Wildman–Crippen LogP) is 5.09. The van der Waals surface area contributed by atoms with E-state index >= 15 is 0 Å². The molecule has 0 amide bonds. The minimum Gasteiger partial charge on any atom is -0.322 e. The molecule has 0 aliphatic heterocycles. The molecule has 3 N–H and O–H groups in total. The molecule has 0 radical (unpaired) electrons. The van der Waals surface area contributed by atoms with E-state index in [9.17, 15) is 21.9 Å². The first-order valence-corrected chi connectivity index (χ1v) is 9.78. The second-order valence-electron chi connectivity index (χ2n) is 6.39. The van der Waals surface area contributed by atoms with Gasteiger partial charge in [-0.2, -0.15) is 13.2 Å². The molecule has 3 aromatic rings. The molecular formula is C21H19F3N2O2S. The maximum absolute atomic E-state index is 12.9. The zero-order valence-corrected chi connectivity index (χ0v) is 16.0. The van der Waals surface area contributed by atoms with E-state index in [4.69, 9.17) is 5.73 Å². The summed E-state index contributed by atoms with van der Waals surface area (Å²) in [7, 11) is 0. The van der Waals surface area contributed by atoms with Gasteiger partial charge < -0.3 is 5.73 Å². The van der Waals surface area contributed by atoms with Crippen LogP contribution in [0.4, 0.5) is 18.9 Å².